The largest absolute Gasteiger partial charge is 0.512 e. The van der Waals surface area contributed by atoms with Gasteiger partial charge in [-0.25, -0.2) is 4.79 Å². The Bertz CT molecular complexity index is 185. The molecule has 0 saturated carbocycles. The first-order valence-corrected chi connectivity index (χ1v) is 5.47. The van der Waals surface area contributed by atoms with Crippen molar-refractivity contribution in [2.24, 2.45) is 5.92 Å². The van der Waals surface area contributed by atoms with Crippen LogP contribution >= 0.6 is 11.8 Å². The average Bonchev–Trinajstić information content (AvgIpc) is 2.19. The number of hydrogen-bond donors (Lipinski definition) is 0. The van der Waals surface area contributed by atoms with Gasteiger partial charge in [0.15, 0.2) is 0 Å². The lowest BCUT2D eigenvalue weighted by Crippen LogP contribution is -2.07. The highest BCUT2D eigenvalue weighted by Gasteiger charge is 2.10. The molecule has 0 atom stereocenters. The van der Waals surface area contributed by atoms with Gasteiger partial charge in [-0.05, 0) is 36.3 Å². The second-order valence-corrected chi connectivity index (χ2v) is 4.08. The van der Waals surface area contributed by atoms with Gasteiger partial charge in [-0.3, -0.25) is 0 Å². The number of allylic oxidation sites excluding steroid dienone is 1. The Morgan fingerprint density at radius 2 is 2.15 bits per heavy atom. The van der Waals surface area contributed by atoms with Gasteiger partial charge in [-0.1, -0.05) is 0 Å². The minimum atomic E-state index is -0.651. The van der Waals surface area contributed by atoms with E-state index in [4.69, 9.17) is 0 Å². The highest BCUT2D eigenvalue weighted by atomic mass is 32.2. The normalized spacial score (nSPS) is 18.8. The fourth-order valence-corrected chi connectivity index (χ4v) is 2.31. The number of carbonyl (C=O) groups excluding carboxylic acids is 1. The zero-order chi connectivity index (χ0) is 9.52. The van der Waals surface area contributed by atoms with E-state index in [0.29, 0.717) is 5.92 Å². The minimum Gasteiger partial charge on any atom is -0.437 e. The molecule has 4 heteroatoms. The van der Waals surface area contributed by atoms with Gasteiger partial charge >= 0.3 is 6.16 Å². The molecule has 0 bridgehead atoms. The van der Waals surface area contributed by atoms with E-state index in [2.05, 4.69) is 9.47 Å². The molecule has 0 N–H and O–H groups in total. The van der Waals surface area contributed by atoms with Crippen molar-refractivity contribution in [2.75, 3.05) is 18.6 Å². The lowest BCUT2D eigenvalue weighted by atomic mass is 10.0. The van der Waals surface area contributed by atoms with Crippen molar-refractivity contribution in [3.63, 3.8) is 0 Å². The molecule has 0 unspecified atom stereocenters. The summed E-state index contributed by atoms with van der Waals surface area (Å²) in [7, 11) is 1.30. The minimum absolute atomic E-state index is 0.561. The summed E-state index contributed by atoms with van der Waals surface area (Å²) in [4.78, 5) is 10.6. The van der Waals surface area contributed by atoms with E-state index in [9.17, 15) is 4.79 Å². The predicted molar refractivity (Wildman–Crippen MR) is 52.7 cm³/mol. The molecule has 0 radical (unpaired) electrons. The third-order valence-corrected chi connectivity index (χ3v) is 3.00. The van der Waals surface area contributed by atoms with E-state index in [0.717, 1.165) is 0 Å². The molecule has 0 spiro atoms. The van der Waals surface area contributed by atoms with Crippen LogP contribution in [-0.4, -0.2) is 24.8 Å². The molecule has 1 aliphatic heterocycles. The summed E-state index contributed by atoms with van der Waals surface area (Å²) < 4.78 is 8.97. The maximum Gasteiger partial charge on any atom is 0.512 e. The molecule has 0 aromatic heterocycles. The maximum atomic E-state index is 10.6. The van der Waals surface area contributed by atoms with Crippen LogP contribution in [0.3, 0.4) is 0 Å². The number of hydrogen-bond acceptors (Lipinski definition) is 4. The third kappa shape index (κ3) is 4.22. The lowest BCUT2D eigenvalue weighted by molar-refractivity contribution is 0.105. The van der Waals surface area contributed by atoms with E-state index in [-0.39, 0.29) is 0 Å². The van der Waals surface area contributed by atoms with Crippen LogP contribution in [-0.2, 0) is 9.47 Å². The number of ether oxygens (including phenoxy) is 2. The van der Waals surface area contributed by atoms with Gasteiger partial charge in [0.25, 0.3) is 0 Å². The van der Waals surface area contributed by atoms with Crippen LogP contribution in [0, 0.1) is 5.92 Å². The van der Waals surface area contributed by atoms with E-state index in [1.165, 1.54) is 37.7 Å². The van der Waals surface area contributed by atoms with Gasteiger partial charge in [0.1, 0.15) is 0 Å². The molecule has 1 heterocycles. The summed E-state index contributed by atoms with van der Waals surface area (Å²) in [5.41, 5.74) is 0. The molecule has 74 valence electrons. The first-order valence-electron chi connectivity index (χ1n) is 4.32. The van der Waals surface area contributed by atoms with Gasteiger partial charge in [0, 0.05) is 0 Å². The number of thioether (sulfide) groups is 1. The van der Waals surface area contributed by atoms with Crippen LogP contribution in [0.5, 0.6) is 0 Å². The zero-order valence-corrected chi connectivity index (χ0v) is 8.51. The summed E-state index contributed by atoms with van der Waals surface area (Å²) in [6.07, 6.45) is 5.07. The van der Waals surface area contributed by atoms with Gasteiger partial charge in [-0.2, -0.15) is 11.8 Å². The molecule has 0 aliphatic carbocycles. The van der Waals surface area contributed by atoms with Crippen LogP contribution in [0.25, 0.3) is 0 Å². The number of methoxy groups -OCH3 is 1. The Hall–Kier alpha value is -0.640. The molecule has 0 aromatic carbocycles. The smallest absolute Gasteiger partial charge is 0.437 e. The predicted octanol–water partition coefficient (Wildman–Crippen LogP) is 2.43. The monoisotopic (exact) mass is 202 g/mol. The Kier molecular flexibility index (Phi) is 4.75. The standard InChI is InChI=1S/C9H14O3S/c1-11-9(10)12-5-2-8-3-6-13-7-4-8/h2,5,8H,3-4,6-7H2,1H3. The third-order valence-electron chi connectivity index (χ3n) is 1.95. The molecule has 1 aliphatic rings. The second kappa shape index (κ2) is 5.91. The van der Waals surface area contributed by atoms with Crippen LogP contribution < -0.4 is 0 Å². The average molecular weight is 202 g/mol. The van der Waals surface area contributed by atoms with E-state index >= 15 is 0 Å². The lowest BCUT2D eigenvalue weighted by Gasteiger charge is -2.16. The van der Waals surface area contributed by atoms with Gasteiger partial charge < -0.3 is 9.47 Å². The Balaban J connectivity index is 2.18. The molecule has 13 heavy (non-hydrogen) atoms. The van der Waals surface area contributed by atoms with E-state index < -0.39 is 6.16 Å². The zero-order valence-electron chi connectivity index (χ0n) is 7.69. The summed E-state index contributed by atoms with van der Waals surface area (Å²) in [5.74, 6) is 2.96. The van der Waals surface area contributed by atoms with Crippen LogP contribution in [0.2, 0.25) is 0 Å². The van der Waals surface area contributed by atoms with Crippen molar-refractivity contribution in [1.82, 2.24) is 0 Å². The van der Waals surface area contributed by atoms with Gasteiger partial charge in [-0.15, -0.1) is 0 Å². The molecule has 0 amide bonds. The Labute approximate surface area is 82.5 Å². The van der Waals surface area contributed by atoms with E-state index in [1.54, 1.807) is 0 Å². The summed E-state index contributed by atoms with van der Waals surface area (Å²) in [5, 5.41) is 0. The second-order valence-electron chi connectivity index (χ2n) is 2.85. The molecule has 1 fully saturated rings. The molecule has 3 nitrogen and oxygen atoms in total. The van der Waals surface area contributed by atoms with Crippen LogP contribution in [0.15, 0.2) is 12.3 Å². The summed E-state index contributed by atoms with van der Waals surface area (Å²) in [6, 6.07) is 0. The Morgan fingerprint density at radius 1 is 1.46 bits per heavy atom. The first-order chi connectivity index (χ1) is 6.33. The van der Waals surface area contributed by atoms with Crippen molar-refractivity contribution in [2.45, 2.75) is 12.8 Å². The summed E-state index contributed by atoms with van der Waals surface area (Å²) >= 11 is 1.98. The molecule has 1 saturated heterocycles. The molecular formula is C9H14O3S. The van der Waals surface area contributed by atoms with Crippen LogP contribution in [0.1, 0.15) is 12.8 Å². The SMILES string of the molecule is COC(=O)OC=CC1CCSCC1. The highest BCUT2D eigenvalue weighted by molar-refractivity contribution is 7.99. The van der Waals surface area contributed by atoms with Crippen molar-refractivity contribution in [3.05, 3.63) is 12.3 Å². The van der Waals surface area contributed by atoms with Gasteiger partial charge in [0.2, 0.25) is 0 Å². The quantitative estimate of drug-likeness (QED) is 0.509. The fourth-order valence-electron chi connectivity index (χ4n) is 1.16. The topological polar surface area (TPSA) is 35.5 Å². The van der Waals surface area contributed by atoms with Crippen LogP contribution in [0.4, 0.5) is 4.79 Å². The Morgan fingerprint density at radius 3 is 2.77 bits per heavy atom. The molecule has 1 rings (SSSR count). The maximum absolute atomic E-state index is 10.6. The number of rotatable bonds is 2. The first kappa shape index (κ1) is 10.4. The van der Waals surface area contributed by atoms with E-state index in [1.807, 2.05) is 17.8 Å². The van der Waals surface area contributed by atoms with Crippen molar-refractivity contribution in [3.8, 4) is 0 Å². The number of carbonyl (C=O) groups is 1. The highest BCUT2D eigenvalue weighted by Crippen LogP contribution is 2.23. The fraction of sp³-hybridized carbons (Fsp3) is 0.667. The molecular weight excluding hydrogens is 188 g/mol. The van der Waals surface area contributed by atoms with Crippen molar-refractivity contribution < 1.29 is 14.3 Å². The van der Waals surface area contributed by atoms with Crippen molar-refractivity contribution >= 4 is 17.9 Å². The summed E-state index contributed by atoms with van der Waals surface area (Å²) in [6.45, 7) is 0. The van der Waals surface area contributed by atoms with Crippen molar-refractivity contribution in [1.29, 1.82) is 0 Å². The van der Waals surface area contributed by atoms with Gasteiger partial charge in [0.05, 0.1) is 13.4 Å². The molecule has 0 aromatic rings.